The lowest BCUT2D eigenvalue weighted by atomic mass is 10.0. The average Bonchev–Trinajstić information content (AvgIpc) is 2.75. The molecule has 0 aliphatic carbocycles. The van der Waals surface area contributed by atoms with Gasteiger partial charge < -0.3 is 9.47 Å². The van der Waals surface area contributed by atoms with E-state index in [1.165, 1.54) is 19.2 Å². The van der Waals surface area contributed by atoms with Gasteiger partial charge in [-0.3, -0.25) is 4.79 Å². The van der Waals surface area contributed by atoms with E-state index in [9.17, 15) is 13.2 Å². The number of nitrogens with one attached hydrogen (secondary N) is 1. The van der Waals surface area contributed by atoms with Gasteiger partial charge in [0.1, 0.15) is 12.1 Å². The number of benzene rings is 2. The van der Waals surface area contributed by atoms with E-state index < -0.39 is 28.1 Å². The van der Waals surface area contributed by atoms with Gasteiger partial charge >= 0.3 is 5.97 Å². The molecular formula is C23H31NO5S. The molecule has 0 aliphatic heterocycles. The molecule has 0 spiro atoms. The molecule has 1 N–H and O–H groups in total. The van der Waals surface area contributed by atoms with Crippen molar-refractivity contribution in [3.05, 3.63) is 65.7 Å². The topological polar surface area (TPSA) is 81.7 Å². The zero-order valence-electron chi connectivity index (χ0n) is 18.0. The quantitative estimate of drug-likeness (QED) is 0.538. The van der Waals surface area contributed by atoms with Crippen LogP contribution in [-0.4, -0.2) is 33.6 Å². The van der Waals surface area contributed by atoms with E-state index in [1.807, 2.05) is 44.2 Å². The van der Waals surface area contributed by atoms with Gasteiger partial charge in [0.2, 0.25) is 10.0 Å². The van der Waals surface area contributed by atoms with Crippen LogP contribution in [0.5, 0.6) is 0 Å². The summed E-state index contributed by atoms with van der Waals surface area (Å²) in [5, 5.41) is 0. The van der Waals surface area contributed by atoms with Crippen LogP contribution in [0, 0.1) is 6.92 Å². The summed E-state index contributed by atoms with van der Waals surface area (Å²) < 4.78 is 39.8. The maximum absolute atomic E-state index is 13.0. The first kappa shape index (κ1) is 24.1. The highest BCUT2D eigenvalue weighted by molar-refractivity contribution is 7.89. The lowest BCUT2D eigenvalue weighted by Crippen LogP contribution is -2.47. The third-order valence-corrected chi connectivity index (χ3v) is 6.36. The molecule has 2 aromatic rings. The van der Waals surface area contributed by atoms with Crippen molar-refractivity contribution in [2.75, 3.05) is 7.11 Å². The summed E-state index contributed by atoms with van der Waals surface area (Å²) in [5.41, 5.74) is 1.64. The van der Waals surface area contributed by atoms with Crippen molar-refractivity contribution in [1.82, 2.24) is 4.72 Å². The van der Waals surface area contributed by atoms with Crippen LogP contribution in [0.4, 0.5) is 0 Å². The number of methoxy groups -OCH3 is 1. The second-order valence-corrected chi connectivity index (χ2v) is 8.94. The van der Waals surface area contributed by atoms with E-state index in [0.29, 0.717) is 5.56 Å². The molecule has 3 atom stereocenters. The molecule has 3 unspecified atom stereocenters. The van der Waals surface area contributed by atoms with Crippen molar-refractivity contribution in [1.29, 1.82) is 0 Å². The van der Waals surface area contributed by atoms with Crippen molar-refractivity contribution in [3.8, 4) is 0 Å². The zero-order chi connectivity index (χ0) is 22.1. The Hall–Kier alpha value is -2.22. The lowest BCUT2D eigenvalue weighted by Gasteiger charge is -2.30. The largest absolute Gasteiger partial charge is 0.468 e. The van der Waals surface area contributed by atoms with E-state index in [1.54, 1.807) is 12.1 Å². The van der Waals surface area contributed by atoms with Gasteiger partial charge in [-0.25, -0.2) is 8.42 Å². The number of hydrogen-bond donors (Lipinski definition) is 1. The first-order valence-corrected chi connectivity index (χ1v) is 11.7. The summed E-state index contributed by atoms with van der Waals surface area (Å²) in [7, 11) is -2.73. The summed E-state index contributed by atoms with van der Waals surface area (Å²) in [4.78, 5) is 12.8. The molecule has 0 saturated heterocycles. The lowest BCUT2D eigenvalue weighted by molar-refractivity contribution is -0.149. The predicted molar refractivity (Wildman–Crippen MR) is 117 cm³/mol. The Morgan fingerprint density at radius 2 is 1.67 bits per heavy atom. The van der Waals surface area contributed by atoms with Gasteiger partial charge in [0, 0.05) is 0 Å². The fourth-order valence-electron chi connectivity index (χ4n) is 3.20. The van der Waals surface area contributed by atoms with Crippen LogP contribution < -0.4 is 4.72 Å². The van der Waals surface area contributed by atoms with Crippen LogP contribution in [0.3, 0.4) is 0 Å². The fraction of sp³-hybridized carbons (Fsp3) is 0.435. The second kappa shape index (κ2) is 11.2. The molecule has 0 heterocycles. The van der Waals surface area contributed by atoms with E-state index in [2.05, 4.69) is 11.6 Å². The van der Waals surface area contributed by atoms with E-state index in [-0.39, 0.29) is 11.0 Å². The Morgan fingerprint density at radius 1 is 1.03 bits per heavy atom. The van der Waals surface area contributed by atoms with Gasteiger partial charge in [-0.05, 0) is 37.5 Å². The molecule has 0 aromatic heterocycles. The van der Waals surface area contributed by atoms with E-state index in [4.69, 9.17) is 9.47 Å². The third-order valence-electron chi connectivity index (χ3n) is 4.90. The SMILES string of the molecule is CCCC(CC)OC(c1ccccc1)C(NS(=O)(=O)c1ccc(C)cc1)C(=O)OC. The Balaban J connectivity index is 2.44. The number of sulfonamides is 1. The molecule has 0 fully saturated rings. The summed E-state index contributed by atoms with van der Waals surface area (Å²) in [6.45, 7) is 5.94. The maximum Gasteiger partial charge on any atom is 0.326 e. The molecule has 7 heteroatoms. The monoisotopic (exact) mass is 433 g/mol. The van der Waals surface area contributed by atoms with Crippen LogP contribution in [0.15, 0.2) is 59.5 Å². The molecule has 0 radical (unpaired) electrons. The predicted octanol–water partition coefficient (Wildman–Crippen LogP) is 4.15. The smallest absolute Gasteiger partial charge is 0.326 e. The average molecular weight is 434 g/mol. The molecule has 0 saturated carbocycles. The number of hydrogen-bond acceptors (Lipinski definition) is 5. The minimum atomic E-state index is -3.97. The first-order chi connectivity index (χ1) is 14.3. The minimum absolute atomic E-state index is 0.0782. The normalized spacial score (nSPS) is 14.7. The van der Waals surface area contributed by atoms with E-state index >= 15 is 0 Å². The van der Waals surface area contributed by atoms with Gasteiger partial charge in [0.05, 0.1) is 18.1 Å². The third kappa shape index (κ3) is 6.39. The minimum Gasteiger partial charge on any atom is -0.468 e. The fourth-order valence-corrected chi connectivity index (χ4v) is 4.39. The summed E-state index contributed by atoms with van der Waals surface area (Å²) in [5.74, 6) is -0.703. The molecule has 0 amide bonds. The molecule has 164 valence electrons. The Morgan fingerprint density at radius 3 is 2.20 bits per heavy atom. The van der Waals surface area contributed by atoms with Gasteiger partial charge in [-0.2, -0.15) is 4.72 Å². The van der Waals surface area contributed by atoms with E-state index in [0.717, 1.165) is 24.8 Å². The molecule has 0 aliphatic rings. The number of ether oxygens (including phenoxy) is 2. The van der Waals surface area contributed by atoms with Crippen molar-refractivity contribution in [2.24, 2.45) is 0 Å². The Labute approximate surface area is 179 Å². The number of rotatable bonds is 11. The summed E-state index contributed by atoms with van der Waals surface area (Å²) in [6, 6.07) is 14.4. The zero-order valence-corrected chi connectivity index (χ0v) is 18.8. The summed E-state index contributed by atoms with van der Waals surface area (Å²) >= 11 is 0. The van der Waals surface area contributed by atoms with Crippen molar-refractivity contribution in [3.63, 3.8) is 0 Å². The van der Waals surface area contributed by atoms with Crippen LogP contribution >= 0.6 is 0 Å². The first-order valence-electron chi connectivity index (χ1n) is 10.2. The van der Waals surface area contributed by atoms with Crippen LogP contribution in [0.1, 0.15) is 50.3 Å². The standard InChI is InChI=1S/C23H31NO5S/c1-5-10-19(6-2)29-22(18-11-8-7-9-12-18)21(23(25)28-4)24-30(26,27)20-15-13-17(3)14-16-20/h7-9,11-16,19,21-22,24H,5-6,10H2,1-4H3. The Kier molecular flexibility index (Phi) is 9.02. The van der Waals surface area contributed by atoms with Gasteiger partial charge in [0.25, 0.3) is 0 Å². The molecule has 2 aromatic carbocycles. The van der Waals surface area contributed by atoms with Crippen molar-refractivity contribution in [2.45, 2.75) is 63.2 Å². The van der Waals surface area contributed by atoms with Gasteiger partial charge in [0.15, 0.2) is 0 Å². The van der Waals surface area contributed by atoms with Crippen molar-refractivity contribution < 1.29 is 22.7 Å². The van der Waals surface area contributed by atoms with Gasteiger partial charge in [-0.1, -0.05) is 68.3 Å². The number of carbonyl (C=O) groups excluding carboxylic acids is 1. The van der Waals surface area contributed by atoms with Gasteiger partial charge in [-0.15, -0.1) is 0 Å². The number of carbonyl (C=O) groups is 1. The Bertz CT molecular complexity index is 897. The highest BCUT2D eigenvalue weighted by Crippen LogP contribution is 2.27. The molecule has 2 rings (SSSR count). The highest BCUT2D eigenvalue weighted by atomic mass is 32.2. The van der Waals surface area contributed by atoms with Crippen molar-refractivity contribution >= 4 is 16.0 Å². The van der Waals surface area contributed by atoms with Crippen LogP contribution in [-0.2, 0) is 24.3 Å². The number of esters is 1. The maximum atomic E-state index is 13.0. The molecule has 6 nitrogen and oxygen atoms in total. The van der Waals surface area contributed by atoms with Crippen LogP contribution in [0.25, 0.3) is 0 Å². The molecule has 0 bridgehead atoms. The molecule has 30 heavy (non-hydrogen) atoms. The highest BCUT2D eigenvalue weighted by Gasteiger charge is 2.36. The second-order valence-electron chi connectivity index (χ2n) is 7.22. The van der Waals surface area contributed by atoms with Crippen LogP contribution in [0.2, 0.25) is 0 Å². The number of aryl methyl sites for hydroxylation is 1. The molecular weight excluding hydrogens is 402 g/mol. The summed E-state index contributed by atoms with van der Waals surface area (Å²) in [6.07, 6.45) is 1.53.